The lowest BCUT2D eigenvalue weighted by molar-refractivity contribution is -0.118. The zero-order valence-electron chi connectivity index (χ0n) is 22.5. The molecule has 4 aliphatic rings. The summed E-state index contributed by atoms with van der Waals surface area (Å²) in [6.45, 7) is 7.95. The number of fused-ring (bicyclic) bond motifs is 2. The standard InChI is InChI=1S/C27H36N6O5/c1-26(2)13-17-20(24(35)36)32-38-22(17)21-18(26)14-28-25(31-21)30-19-7-6-15(12-27(19,3)37-5)23(34)29-16-8-10-33(4)11-9-16/h6-7,12,14,16,19,25,30-31H,8-11,13H2,1-5H3,(H,29,34)(H,35,36). The van der Waals surface area contributed by atoms with Crippen LogP contribution in [0.4, 0.5) is 0 Å². The Balaban J connectivity index is 1.30. The molecule has 1 aromatic rings. The van der Waals surface area contributed by atoms with Crippen LogP contribution in [0.1, 0.15) is 55.4 Å². The van der Waals surface area contributed by atoms with Gasteiger partial charge >= 0.3 is 5.97 Å². The van der Waals surface area contributed by atoms with E-state index in [1.165, 1.54) is 0 Å². The fourth-order valence-corrected chi connectivity index (χ4v) is 5.60. The number of likely N-dealkylation sites (tertiary alicyclic amines) is 1. The number of hydrogen-bond donors (Lipinski definition) is 4. The first kappa shape index (κ1) is 26.3. The van der Waals surface area contributed by atoms with Crippen molar-refractivity contribution >= 4 is 23.8 Å². The van der Waals surface area contributed by atoms with E-state index in [-0.39, 0.29) is 29.1 Å². The lowest BCUT2D eigenvalue weighted by Crippen LogP contribution is -2.56. The molecule has 1 fully saturated rings. The molecular formula is C27H36N6O5. The van der Waals surface area contributed by atoms with Gasteiger partial charge in [0.1, 0.15) is 5.60 Å². The van der Waals surface area contributed by atoms with Crippen molar-refractivity contribution < 1.29 is 24.0 Å². The molecule has 4 N–H and O–H groups in total. The van der Waals surface area contributed by atoms with E-state index in [9.17, 15) is 14.7 Å². The van der Waals surface area contributed by atoms with Crippen LogP contribution in [0.15, 0.2) is 38.9 Å². The first-order valence-electron chi connectivity index (χ1n) is 13.0. The van der Waals surface area contributed by atoms with Crippen molar-refractivity contribution in [2.24, 2.45) is 10.4 Å². The number of amides is 1. The Morgan fingerprint density at radius 2 is 2.00 bits per heavy atom. The maximum Gasteiger partial charge on any atom is 0.358 e. The lowest BCUT2D eigenvalue weighted by atomic mass is 9.73. The number of hydrogen-bond acceptors (Lipinski definition) is 9. The second-order valence-electron chi connectivity index (χ2n) is 11.4. The number of carboxylic acids is 1. The number of aromatic carboxylic acids is 1. The fraction of sp³-hybridized carbons (Fsp3) is 0.556. The van der Waals surface area contributed by atoms with Gasteiger partial charge in [-0.1, -0.05) is 31.2 Å². The van der Waals surface area contributed by atoms with Crippen LogP contribution in [0.2, 0.25) is 0 Å². The van der Waals surface area contributed by atoms with Crippen LogP contribution in [0.25, 0.3) is 5.70 Å². The largest absolute Gasteiger partial charge is 0.476 e. The van der Waals surface area contributed by atoms with Gasteiger partial charge < -0.3 is 29.9 Å². The minimum atomic E-state index is -1.11. The predicted molar refractivity (Wildman–Crippen MR) is 142 cm³/mol. The van der Waals surface area contributed by atoms with Crippen molar-refractivity contribution in [2.45, 2.75) is 64.0 Å². The number of carboxylic acid groups (broad SMARTS) is 1. The Bertz CT molecular complexity index is 1250. The van der Waals surface area contributed by atoms with Crippen LogP contribution < -0.4 is 16.0 Å². The Labute approximate surface area is 222 Å². The summed E-state index contributed by atoms with van der Waals surface area (Å²) < 4.78 is 11.4. The number of aliphatic imine (C=N–C) groups is 1. The van der Waals surface area contributed by atoms with E-state index >= 15 is 0 Å². The Morgan fingerprint density at radius 1 is 1.26 bits per heavy atom. The third-order valence-corrected chi connectivity index (χ3v) is 8.09. The van der Waals surface area contributed by atoms with E-state index in [4.69, 9.17) is 9.26 Å². The summed E-state index contributed by atoms with van der Waals surface area (Å²) >= 11 is 0. The quantitative estimate of drug-likeness (QED) is 0.437. The van der Waals surface area contributed by atoms with Gasteiger partial charge in [-0.25, -0.2) is 4.79 Å². The summed E-state index contributed by atoms with van der Waals surface area (Å²) in [6.07, 6.45) is 9.21. The first-order chi connectivity index (χ1) is 18.0. The SMILES string of the molecule is COC1(C)C=C(C(=O)NC2CCN(C)CC2)C=CC1NC1N=CC2=C(N1)c1onc(C(=O)O)c1CC2(C)C. The van der Waals surface area contributed by atoms with Crippen LogP contribution in [0.5, 0.6) is 0 Å². The van der Waals surface area contributed by atoms with Gasteiger partial charge in [0.15, 0.2) is 17.7 Å². The molecule has 1 saturated heterocycles. The molecular weight excluding hydrogens is 488 g/mol. The van der Waals surface area contributed by atoms with Crippen LogP contribution in [-0.4, -0.2) is 84.5 Å². The molecule has 38 heavy (non-hydrogen) atoms. The molecule has 3 heterocycles. The smallest absolute Gasteiger partial charge is 0.358 e. The van der Waals surface area contributed by atoms with E-state index in [1.54, 1.807) is 7.11 Å². The number of allylic oxidation sites excluding steroid dienone is 1. The number of carbonyl (C=O) groups excluding carboxylic acids is 1. The van der Waals surface area contributed by atoms with Crippen molar-refractivity contribution in [1.29, 1.82) is 0 Å². The topological polar surface area (TPSA) is 141 Å². The second-order valence-corrected chi connectivity index (χ2v) is 11.4. The average Bonchev–Trinajstić information content (AvgIpc) is 3.30. The minimum absolute atomic E-state index is 0.0631. The van der Waals surface area contributed by atoms with Crippen molar-refractivity contribution in [3.8, 4) is 0 Å². The van der Waals surface area contributed by atoms with Gasteiger partial charge in [-0.05, 0) is 57.8 Å². The maximum atomic E-state index is 13.0. The highest BCUT2D eigenvalue weighted by Gasteiger charge is 2.42. The molecule has 3 atom stereocenters. The van der Waals surface area contributed by atoms with Gasteiger partial charge in [0.2, 0.25) is 0 Å². The number of aromatic nitrogens is 1. The van der Waals surface area contributed by atoms with Gasteiger partial charge in [0.25, 0.3) is 5.91 Å². The van der Waals surface area contributed by atoms with E-state index in [0.29, 0.717) is 29.0 Å². The van der Waals surface area contributed by atoms with E-state index in [1.807, 2.05) is 45.2 Å². The number of methoxy groups -OCH3 is 1. The number of piperidine rings is 1. The molecule has 1 aromatic heterocycles. The van der Waals surface area contributed by atoms with Crippen LogP contribution in [0.3, 0.4) is 0 Å². The molecule has 0 bridgehead atoms. The summed E-state index contributed by atoms with van der Waals surface area (Å²) in [4.78, 5) is 31.6. The first-order valence-corrected chi connectivity index (χ1v) is 13.0. The zero-order valence-corrected chi connectivity index (χ0v) is 22.5. The highest BCUT2D eigenvalue weighted by Crippen LogP contribution is 2.43. The summed E-state index contributed by atoms with van der Waals surface area (Å²) in [5.74, 6) is -0.784. The van der Waals surface area contributed by atoms with Crippen LogP contribution >= 0.6 is 0 Å². The number of ether oxygens (including phenoxy) is 1. The molecule has 2 aliphatic heterocycles. The highest BCUT2D eigenvalue weighted by atomic mass is 16.5. The van der Waals surface area contributed by atoms with Gasteiger partial charge in [0.05, 0.1) is 11.7 Å². The molecule has 11 heteroatoms. The molecule has 204 valence electrons. The second kappa shape index (κ2) is 9.79. The fourth-order valence-electron chi connectivity index (χ4n) is 5.60. The van der Waals surface area contributed by atoms with Crippen molar-refractivity contribution in [3.63, 3.8) is 0 Å². The molecule has 5 rings (SSSR count). The Hall–Kier alpha value is -3.28. The molecule has 2 aliphatic carbocycles. The maximum absolute atomic E-state index is 13.0. The molecule has 0 saturated carbocycles. The normalized spacial score (nSPS) is 28.8. The molecule has 11 nitrogen and oxygen atoms in total. The average molecular weight is 525 g/mol. The Kier molecular flexibility index (Phi) is 6.79. The third kappa shape index (κ3) is 4.81. The summed E-state index contributed by atoms with van der Waals surface area (Å²) in [5.41, 5.74) is 1.52. The predicted octanol–water partition coefficient (Wildman–Crippen LogP) is 1.69. The van der Waals surface area contributed by atoms with Crippen LogP contribution in [-0.2, 0) is 16.0 Å². The van der Waals surface area contributed by atoms with Crippen molar-refractivity contribution in [2.75, 3.05) is 27.2 Å². The molecule has 1 amide bonds. The van der Waals surface area contributed by atoms with Crippen molar-refractivity contribution in [1.82, 2.24) is 26.0 Å². The van der Waals surface area contributed by atoms with Gasteiger partial charge in [-0.15, -0.1) is 0 Å². The van der Waals surface area contributed by atoms with Gasteiger partial charge in [0, 0.05) is 36.1 Å². The van der Waals surface area contributed by atoms with E-state index in [2.05, 4.69) is 38.0 Å². The summed E-state index contributed by atoms with van der Waals surface area (Å²) in [5, 5.41) is 23.4. The minimum Gasteiger partial charge on any atom is -0.476 e. The van der Waals surface area contributed by atoms with Crippen molar-refractivity contribution in [3.05, 3.63) is 46.4 Å². The number of carbonyl (C=O) groups is 2. The van der Waals surface area contributed by atoms with E-state index < -0.39 is 17.9 Å². The number of nitrogens with one attached hydrogen (secondary N) is 3. The Morgan fingerprint density at radius 3 is 2.68 bits per heavy atom. The summed E-state index contributed by atoms with van der Waals surface area (Å²) in [6, 6.07) is -0.132. The third-order valence-electron chi connectivity index (χ3n) is 8.09. The van der Waals surface area contributed by atoms with E-state index in [0.717, 1.165) is 31.5 Å². The number of rotatable bonds is 6. The lowest BCUT2D eigenvalue weighted by Gasteiger charge is -2.40. The molecule has 3 unspecified atom stereocenters. The molecule has 0 radical (unpaired) electrons. The monoisotopic (exact) mass is 524 g/mol. The summed E-state index contributed by atoms with van der Waals surface area (Å²) in [7, 11) is 3.71. The van der Waals surface area contributed by atoms with Crippen LogP contribution in [0, 0.1) is 5.41 Å². The zero-order chi connectivity index (χ0) is 27.2. The molecule has 0 spiro atoms. The van der Waals surface area contributed by atoms with Gasteiger partial charge in [-0.2, -0.15) is 0 Å². The van der Waals surface area contributed by atoms with Gasteiger partial charge in [-0.3, -0.25) is 15.1 Å². The number of nitrogens with zero attached hydrogens (tertiary/aromatic N) is 3. The molecule has 0 aromatic carbocycles. The highest BCUT2D eigenvalue weighted by molar-refractivity contribution is 5.97.